The molecule has 0 bridgehead atoms. The summed E-state index contributed by atoms with van der Waals surface area (Å²) >= 11 is 0. The summed E-state index contributed by atoms with van der Waals surface area (Å²) in [6.07, 6.45) is 24.2. The zero-order valence-electron chi connectivity index (χ0n) is 29.1. The van der Waals surface area contributed by atoms with E-state index in [-0.39, 0.29) is 34.1 Å². The number of carbonyl (C=O) groups is 2. The Morgan fingerprint density at radius 1 is 0.860 bits per heavy atom. The second kappa shape index (κ2) is 11.3. The van der Waals surface area contributed by atoms with Crippen LogP contribution in [0.5, 0.6) is 0 Å². The molecule has 4 fully saturated rings. The van der Waals surface area contributed by atoms with Crippen molar-refractivity contribution in [1.82, 2.24) is 0 Å². The third-order valence-electron chi connectivity index (χ3n) is 14.7. The molecule has 0 heterocycles. The lowest BCUT2D eigenvalue weighted by molar-refractivity contribution is -0.210. The number of fused-ring (bicyclic) bond motifs is 7. The second-order valence-corrected chi connectivity index (χ2v) is 17.9. The molecule has 8 unspecified atom stereocenters. The largest absolute Gasteiger partial charge is 0.459 e. The number of ether oxygens (including phenoxy) is 1. The van der Waals surface area contributed by atoms with Crippen LogP contribution in [-0.4, -0.2) is 17.9 Å². The van der Waals surface area contributed by atoms with Crippen LogP contribution in [-0.2, 0) is 14.3 Å². The Hall–Kier alpha value is -1.64. The Kier molecular flexibility index (Phi) is 8.61. The number of ketones is 1. The number of unbranched alkanes of at least 4 members (excludes halogenated alkanes) is 1. The number of esters is 1. The lowest BCUT2D eigenvalue weighted by Crippen LogP contribution is -2.64. The van der Waals surface area contributed by atoms with Gasteiger partial charge < -0.3 is 4.74 Å². The first-order chi connectivity index (χ1) is 20.0. The molecule has 0 aromatic carbocycles. The van der Waals surface area contributed by atoms with Gasteiger partial charge in [-0.05, 0) is 122 Å². The summed E-state index contributed by atoms with van der Waals surface area (Å²) in [6.45, 7) is 22.4. The normalized spacial score (nSPS) is 43.2. The molecule has 240 valence electrons. The minimum absolute atomic E-state index is 0.0762. The van der Waals surface area contributed by atoms with Gasteiger partial charge in [0, 0.05) is 17.9 Å². The minimum atomic E-state index is -0.286. The average Bonchev–Trinajstić information content (AvgIpc) is 2.93. The Labute approximate surface area is 263 Å². The van der Waals surface area contributed by atoms with E-state index in [4.69, 9.17) is 4.74 Å². The summed E-state index contributed by atoms with van der Waals surface area (Å²) in [7, 11) is 0. The molecule has 8 atom stereocenters. The molecule has 3 nitrogen and oxygen atoms in total. The smallest absolute Gasteiger partial charge is 0.331 e. The van der Waals surface area contributed by atoms with Crippen molar-refractivity contribution in [3.05, 3.63) is 36.0 Å². The molecule has 5 aliphatic rings. The minimum Gasteiger partial charge on any atom is -0.459 e. The van der Waals surface area contributed by atoms with Crippen LogP contribution in [0.25, 0.3) is 0 Å². The van der Waals surface area contributed by atoms with Crippen LogP contribution in [0.1, 0.15) is 146 Å². The van der Waals surface area contributed by atoms with Gasteiger partial charge in [-0.2, -0.15) is 0 Å². The number of carbonyl (C=O) groups excluding carboxylic acids is 2. The Morgan fingerprint density at radius 3 is 2.28 bits per heavy atom. The maximum atomic E-state index is 12.9. The van der Waals surface area contributed by atoms with Crippen molar-refractivity contribution in [3.8, 4) is 0 Å². The van der Waals surface area contributed by atoms with E-state index >= 15 is 0 Å². The molecule has 0 N–H and O–H groups in total. The molecule has 4 saturated carbocycles. The summed E-state index contributed by atoms with van der Waals surface area (Å²) in [5, 5.41) is 0. The Bertz CT molecular complexity index is 1190. The van der Waals surface area contributed by atoms with E-state index in [2.05, 4.69) is 68.4 Å². The van der Waals surface area contributed by atoms with Gasteiger partial charge in [0.05, 0.1) is 0 Å². The molecule has 43 heavy (non-hydrogen) atoms. The molecule has 3 heteroatoms. The fourth-order valence-corrected chi connectivity index (χ4v) is 11.6. The van der Waals surface area contributed by atoms with E-state index in [1.807, 2.05) is 5.57 Å². The maximum absolute atomic E-state index is 12.9. The SMILES string of the molecule is CCCCC(=O)C=CC=CC(=O)OC1CCC2(C)C(CCC3(C)C2CC=C2C4CC(C)(C)CCC4(C)CCC23C)C1(C)C. The van der Waals surface area contributed by atoms with Crippen LogP contribution in [0.2, 0.25) is 0 Å². The maximum Gasteiger partial charge on any atom is 0.331 e. The highest BCUT2D eigenvalue weighted by Crippen LogP contribution is 2.75. The van der Waals surface area contributed by atoms with Gasteiger partial charge in [-0.25, -0.2) is 4.79 Å². The van der Waals surface area contributed by atoms with Gasteiger partial charge in [0.15, 0.2) is 5.78 Å². The second-order valence-electron chi connectivity index (χ2n) is 17.9. The van der Waals surface area contributed by atoms with Crippen LogP contribution in [0.4, 0.5) is 0 Å². The van der Waals surface area contributed by atoms with E-state index in [9.17, 15) is 9.59 Å². The Morgan fingerprint density at radius 2 is 1.56 bits per heavy atom. The summed E-state index contributed by atoms with van der Waals surface area (Å²) in [4.78, 5) is 24.8. The van der Waals surface area contributed by atoms with Gasteiger partial charge in [0.2, 0.25) is 0 Å². The summed E-state index contributed by atoms with van der Waals surface area (Å²) in [5.74, 6) is 1.76. The summed E-state index contributed by atoms with van der Waals surface area (Å²) in [5.41, 5.74) is 3.53. The highest BCUT2D eigenvalue weighted by atomic mass is 16.5. The molecule has 0 radical (unpaired) electrons. The molecule has 0 amide bonds. The molecule has 0 spiro atoms. The molecule has 0 aliphatic heterocycles. The topological polar surface area (TPSA) is 43.4 Å². The third-order valence-corrected chi connectivity index (χ3v) is 14.7. The molecule has 5 rings (SSSR count). The molecular formula is C40H62O3. The van der Waals surface area contributed by atoms with Crippen molar-refractivity contribution in [2.45, 2.75) is 152 Å². The van der Waals surface area contributed by atoms with Crippen molar-refractivity contribution >= 4 is 11.8 Å². The molecule has 0 aromatic heterocycles. The number of rotatable bonds is 7. The number of allylic oxidation sites excluding steroid dienone is 5. The molecular weight excluding hydrogens is 528 g/mol. The van der Waals surface area contributed by atoms with Crippen molar-refractivity contribution < 1.29 is 14.3 Å². The highest BCUT2D eigenvalue weighted by Gasteiger charge is 2.68. The molecule has 0 saturated heterocycles. The van der Waals surface area contributed by atoms with Crippen LogP contribution in [0.15, 0.2) is 36.0 Å². The van der Waals surface area contributed by atoms with Crippen molar-refractivity contribution in [3.63, 3.8) is 0 Å². The van der Waals surface area contributed by atoms with Crippen LogP contribution >= 0.6 is 0 Å². The first-order valence-corrected chi connectivity index (χ1v) is 17.8. The summed E-state index contributed by atoms with van der Waals surface area (Å²) in [6, 6.07) is 0. The van der Waals surface area contributed by atoms with E-state index in [1.165, 1.54) is 57.4 Å². The van der Waals surface area contributed by atoms with Crippen molar-refractivity contribution in [2.75, 3.05) is 0 Å². The van der Waals surface area contributed by atoms with Gasteiger partial charge in [-0.1, -0.05) is 92.5 Å². The van der Waals surface area contributed by atoms with Crippen LogP contribution in [0, 0.1) is 50.2 Å². The lowest BCUT2D eigenvalue weighted by atomic mass is 9.33. The average molecular weight is 591 g/mol. The number of hydrogen-bond donors (Lipinski definition) is 0. The zero-order valence-corrected chi connectivity index (χ0v) is 29.1. The lowest BCUT2D eigenvalue weighted by Gasteiger charge is -2.71. The van der Waals surface area contributed by atoms with Crippen molar-refractivity contribution in [1.29, 1.82) is 0 Å². The fourth-order valence-electron chi connectivity index (χ4n) is 11.6. The standard InChI is InChI=1S/C40H62O3/c1-10-11-14-28(41)15-12-13-16-34(42)43-33-20-21-38(7)31(36(33,4)5)19-22-40(9)32(38)18-17-29-30-27-35(2,3)23-24-37(30,6)25-26-39(29,40)8/h12-13,15-17,30-33H,10-11,14,18-27H2,1-9H3. The van der Waals surface area contributed by atoms with E-state index in [1.54, 1.807) is 18.2 Å². The van der Waals surface area contributed by atoms with Gasteiger partial charge in [-0.3, -0.25) is 4.79 Å². The predicted octanol–water partition coefficient (Wildman–Crippen LogP) is 10.6. The molecule has 0 aromatic rings. The highest BCUT2D eigenvalue weighted by molar-refractivity contribution is 5.90. The van der Waals surface area contributed by atoms with Gasteiger partial charge >= 0.3 is 5.97 Å². The Balaban J connectivity index is 1.33. The first-order valence-electron chi connectivity index (χ1n) is 17.8. The fraction of sp³-hybridized carbons (Fsp3) is 0.800. The first kappa shape index (κ1) is 32.7. The van der Waals surface area contributed by atoms with E-state index in [0.717, 1.165) is 31.6 Å². The van der Waals surface area contributed by atoms with Crippen molar-refractivity contribution in [2.24, 2.45) is 50.2 Å². The monoisotopic (exact) mass is 590 g/mol. The van der Waals surface area contributed by atoms with Gasteiger partial charge in [-0.15, -0.1) is 0 Å². The quantitative estimate of drug-likeness (QED) is 0.128. The van der Waals surface area contributed by atoms with Crippen LogP contribution < -0.4 is 0 Å². The van der Waals surface area contributed by atoms with Crippen LogP contribution in [0.3, 0.4) is 0 Å². The zero-order chi connectivity index (χ0) is 31.5. The third kappa shape index (κ3) is 5.45. The molecule has 5 aliphatic carbocycles. The van der Waals surface area contributed by atoms with E-state index in [0.29, 0.717) is 34.5 Å². The van der Waals surface area contributed by atoms with Gasteiger partial charge in [0.1, 0.15) is 6.10 Å². The summed E-state index contributed by atoms with van der Waals surface area (Å²) < 4.78 is 6.17. The predicted molar refractivity (Wildman–Crippen MR) is 177 cm³/mol. The number of hydrogen-bond acceptors (Lipinski definition) is 3. The van der Waals surface area contributed by atoms with E-state index < -0.39 is 0 Å². The van der Waals surface area contributed by atoms with Gasteiger partial charge in [0.25, 0.3) is 0 Å².